The molecule has 0 bridgehead atoms. The van der Waals surface area contributed by atoms with E-state index < -0.39 is 0 Å². The quantitative estimate of drug-likeness (QED) is 0.514. The van der Waals surface area contributed by atoms with Crippen molar-refractivity contribution in [2.24, 2.45) is 0 Å². The summed E-state index contributed by atoms with van der Waals surface area (Å²) >= 11 is 1.76. The van der Waals surface area contributed by atoms with E-state index in [2.05, 4.69) is 18.4 Å². The summed E-state index contributed by atoms with van der Waals surface area (Å²) in [5, 5.41) is 1.06. The normalized spacial score (nSPS) is 17.2. The highest BCUT2D eigenvalue weighted by molar-refractivity contribution is 7.99. The van der Waals surface area contributed by atoms with Crippen LogP contribution in [0.4, 0.5) is 4.39 Å². The molecule has 0 radical (unpaired) electrons. The second-order valence-corrected chi connectivity index (χ2v) is 7.38. The summed E-state index contributed by atoms with van der Waals surface area (Å²) in [6.07, 6.45) is 3.51. The minimum atomic E-state index is -0.244. The van der Waals surface area contributed by atoms with Gasteiger partial charge in [-0.05, 0) is 57.4 Å². The van der Waals surface area contributed by atoms with E-state index in [1.54, 1.807) is 23.9 Å². The van der Waals surface area contributed by atoms with Crippen molar-refractivity contribution in [1.29, 1.82) is 0 Å². The Morgan fingerprint density at radius 1 is 1.32 bits per heavy atom. The Morgan fingerprint density at radius 2 is 2.12 bits per heavy atom. The number of thioether (sulfide) groups is 1. The first-order valence-electron chi connectivity index (χ1n) is 8.80. The van der Waals surface area contributed by atoms with Crippen LogP contribution in [0.5, 0.6) is 5.75 Å². The zero-order valence-corrected chi connectivity index (χ0v) is 15.7. The van der Waals surface area contributed by atoms with Gasteiger partial charge in [0.1, 0.15) is 11.6 Å². The van der Waals surface area contributed by atoms with Crippen molar-refractivity contribution >= 4 is 11.8 Å². The zero-order chi connectivity index (χ0) is 17.6. The number of aromatic nitrogens is 2. The van der Waals surface area contributed by atoms with E-state index in [0.717, 1.165) is 49.0 Å². The Morgan fingerprint density at radius 3 is 2.84 bits per heavy atom. The van der Waals surface area contributed by atoms with E-state index in [1.165, 1.54) is 17.8 Å². The largest absolute Gasteiger partial charge is 0.494 e. The molecule has 25 heavy (non-hydrogen) atoms. The molecule has 0 aliphatic carbocycles. The number of nitrogens with zero attached hydrogens (tertiary/aromatic N) is 2. The maximum Gasteiger partial charge on any atom is 0.168 e. The summed E-state index contributed by atoms with van der Waals surface area (Å²) in [5.41, 5.74) is 2.31. The zero-order valence-electron chi connectivity index (χ0n) is 14.8. The van der Waals surface area contributed by atoms with Crippen molar-refractivity contribution in [3.05, 3.63) is 41.5 Å². The highest BCUT2D eigenvalue weighted by Crippen LogP contribution is 2.24. The second-order valence-electron chi connectivity index (χ2n) is 6.32. The van der Waals surface area contributed by atoms with Gasteiger partial charge >= 0.3 is 0 Å². The van der Waals surface area contributed by atoms with Crippen LogP contribution < -0.4 is 4.74 Å². The van der Waals surface area contributed by atoms with E-state index >= 15 is 0 Å². The maximum atomic E-state index is 12.9. The van der Waals surface area contributed by atoms with Crippen LogP contribution in [0.2, 0.25) is 0 Å². The van der Waals surface area contributed by atoms with Crippen molar-refractivity contribution < 1.29 is 13.9 Å². The Balaban J connectivity index is 1.47. The predicted octanol–water partition coefficient (Wildman–Crippen LogP) is 4.38. The number of hydrogen-bond donors (Lipinski definition) is 0. The topological polar surface area (TPSA) is 36.3 Å². The van der Waals surface area contributed by atoms with Crippen LogP contribution in [-0.4, -0.2) is 34.6 Å². The number of hydrogen-bond acceptors (Lipinski definition) is 4. The lowest BCUT2D eigenvalue weighted by atomic mass is 10.2. The molecule has 0 saturated carbocycles. The standard InChI is InChI=1S/C19H25FN2O2S/c1-14-15(2)22(13-18-5-3-10-24-18)19(21-14)25-12-4-11-23-17-8-6-16(20)7-9-17/h6-9,18H,3-5,10-13H2,1-2H3/t18-/m0/s1. The van der Waals surface area contributed by atoms with Gasteiger partial charge in [0.25, 0.3) is 0 Å². The summed E-state index contributed by atoms with van der Waals surface area (Å²) in [5.74, 6) is 1.40. The highest BCUT2D eigenvalue weighted by Gasteiger charge is 2.20. The molecular formula is C19H25FN2O2S. The van der Waals surface area contributed by atoms with E-state index in [0.29, 0.717) is 18.5 Å². The molecule has 1 aromatic heterocycles. The monoisotopic (exact) mass is 364 g/mol. The fourth-order valence-electron chi connectivity index (χ4n) is 2.88. The smallest absolute Gasteiger partial charge is 0.168 e. The molecule has 6 heteroatoms. The third-order valence-electron chi connectivity index (χ3n) is 4.44. The molecule has 0 unspecified atom stereocenters. The van der Waals surface area contributed by atoms with Gasteiger partial charge in [0.15, 0.2) is 5.16 Å². The third kappa shape index (κ3) is 4.98. The van der Waals surface area contributed by atoms with E-state index in [9.17, 15) is 4.39 Å². The number of rotatable bonds is 8. The molecule has 0 spiro atoms. The summed E-state index contributed by atoms with van der Waals surface area (Å²) in [7, 11) is 0. The van der Waals surface area contributed by atoms with Crippen LogP contribution in [0.3, 0.4) is 0 Å². The van der Waals surface area contributed by atoms with Gasteiger partial charge in [0.05, 0.1) is 24.9 Å². The summed E-state index contributed by atoms with van der Waals surface area (Å²) in [6.45, 7) is 6.56. The highest BCUT2D eigenvalue weighted by atomic mass is 32.2. The van der Waals surface area contributed by atoms with Crippen LogP contribution in [0.25, 0.3) is 0 Å². The molecule has 1 aliphatic rings. The van der Waals surface area contributed by atoms with Gasteiger partial charge in [-0.3, -0.25) is 0 Å². The van der Waals surface area contributed by atoms with E-state index in [-0.39, 0.29) is 5.82 Å². The lowest BCUT2D eigenvalue weighted by molar-refractivity contribution is 0.0945. The van der Waals surface area contributed by atoms with Crippen LogP contribution >= 0.6 is 11.8 Å². The molecule has 136 valence electrons. The summed E-state index contributed by atoms with van der Waals surface area (Å²) in [6, 6.07) is 6.14. The summed E-state index contributed by atoms with van der Waals surface area (Å²) < 4.78 is 26.6. The molecule has 1 aromatic carbocycles. The van der Waals surface area contributed by atoms with Gasteiger partial charge in [-0.2, -0.15) is 0 Å². The molecule has 0 amide bonds. The molecule has 2 heterocycles. The number of imidazole rings is 1. The Kier molecular flexibility index (Phi) is 6.37. The van der Waals surface area contributed by atoms with E-state index in [4.69, 9.17) is 14.5 Å². The van der Waals surface area contributed by atoms with Crippen LogP contribution in [-0.2, 0) is 11.3 Å². The van der Waals surface area contributed by atoms with Crippen molar-refractivity contribution in [1.82, 2.24) is 9.55 Å². The Hall–Kier alpha value is -1.53. The predicted molar refractivity (Wildman–Crippen MR) is 97.9 cm³/mol. The third-order valence-corrected chi connectivity index (χ3v) is 5.50. The fraction of sp³-hybridized carbons (Fsp3) is 0.526. The number of benzene rings is 1. The number of aryl methyl sites for hydroxylation is 1. The molecule has 1 aliphatic heterocycles. The lowest BCUT2D eigenvalue weighted by Crippen LogP contribution is -2.16. The summed E-state index contributed by atoms with van der Waals surface area (Å²) in [4.78, 5) is 4.71. The van der Waals surface area contributed by atoms with Crippen LogP contribution in [0.1, 0.15) is 30.7 Å². The Bertz CT molecular complexity index is 681. The first kappa shape index (κ1) is 18.3. The van der Waals surface area contributed by atoms with Crippen molar-refractivity contribution in [2.45, 2.75) is 50.9 Å². The average Bonchev–Trinajstić information content (AvgIpc) is 3.21. The van der Waals surface area contributed by atoms with Gasteiger partial charge in [0.2, 0.25) is 0 Å². The molecule has 1 saturated heterocycles. The first-order chi connectivity index (χ1) is 12.1. The van der Waals surface area contributed by atoms with Gasteiger partial charge in [-0.1, -0.05) is 11.8 Å². The lowest BCUT2D eigenvalue weighted by Gasteiger charge is -2.14. The molecule has 3 rings (SSSR count). The van der Waals surface area contributed by atoms with Gasteiger partial charge in [-0.15, -0.1) is 0 Å². The molecule has 1 atom stereocenters. The molecule has 0 N–H and O–H groups in total. The maximum absolute atomic E-state index is 12.9. The average molecular weight is 364 g/mol. The SMILES string of the molecule is Cc1nc(SCCCOc2ccc(F)cc2)n(C[C@@H]2CCCO2)c1C. The van der Waals surface area contributed by atoms with Crippen molar-refractivity contribution in [3.63, 3.8) is 0 Å². The van der Waals surface area contributed by atoms with Gasteiger partial charge in [0, 0.05) is 18.1 Å². The molecular weight excluding hydrogens is 339 g/mol. The Labute approximate surface area is 152 Å². The second kappa shape index (κ2) is 8.72. The number of ether oxygens (including phenoxy) is 2. The van der Waals surface area contributed by atoms with Gasteiger partial charge < -0.3 is 14.0 Å². The minimum absolute atomic E-state index is 0.244. The van der Waals surface area contributed by atoms with Crippen molar-refractivity contribution in [2.75, 3.05) is 19.0 Å². The molecule has 2 aromatic rings. The number of halogens is 1. The van der Waals surface area contributed by atoms with Crippen molar-refractivity contribution in [3.8, 4) is 5.75 Å². The van der Waals surface area contributed by atoms with Gasteiger partial charge in [-0.25, -0.2) is 9.37 Å². The molecule has 1 fully saturated rings. The fourth-order valence-corrected chi connectivity index (χ4v) is 3.90. The van der Waals surface area contributed by atoms with Crippen LogP contribution in [0, 0.1) is 19.7 Å². The molecule has 4 nitrogen and oxygen atoms in total. The minimum Gasteiger partial charge on any atom is -0.494 e. The van der Waals surface area contributed by atoms with Crippen LogP contribution in [0.15, 0.2) is 29.4 Å². The first-order valence-corrected chi connectivity index (χ1v) is 9.78. The van der Waals surface area contributed by atoms with E-state index in [1.807, 2.05) is 0 Å².